The normalized spacial score (nSPS) is 10.4. The van der Waals surface area contributed by atoms with Crippen LogP contribution >= 0.6 is 11.3 Å². The molecule has 0 aromatic carbocycles. The zero-order valence-corrected chi connectivity index (χ0v) is 15.1. The fourth-order valence-corrected chi connectivity index (χ4v) is 3.44. The molecule has 0 unspecified atom stereocenters. The minimum Gasteiger partial charge on any atom is -1.00 e. The van der Waals surface area contributed by atoms with E-state index in [1.54, 1.807) is 40.4 Å². The van der Waals surface area contributed by atoms with E-state index in [4.69, 9.17) is 0 Å². The van der Waals surface area contributed by atoms with E-state index < -0.39 is 0 Å². The van der Waals surface area contributed by atoms with E-state index in [1.807, 2.05) is 26.0 Å². The first-order valence-corrected chi connectivity index (χ1v) is 8.33. The van der Waals surface area contributed by atoms with Crippen LogP contribution in [0.25, 0.3) is 0 Å². The number of aromatic nitrogens is 2. The number of hydrogen-bond donors (Lipinski definition) is 1. The van der Waals surface area contributed by atoms with Gasteiger partial charge in [0.15, 0.2) is 11.9 Å². The van der Waals surface area contributed by atoms with Gasteiger partial charge in [-0.3, -0.25) is 4.79 Å². The van der Waals surface area contributed by atoms with Crippen molar-refractivity contribution in [3.63, 3.8) is 0 Å². The van der Waals surface area contributed by atoms with Gasteiger partial charge in [0.25, 0.3) is 0 Å². The van der Waals surface area contributed by atoms with Crippen LogP contribution in [0.3, 0.4) is 0 Å². The van der Waals surface area contributed by atoms with Crippen LogP contribution in [0.5, 0.6) is 5.75 Å². The highest BCUT2D eigenvalue weighted by atomic mass is 35.5. The van der Waals surface area contributed by atoms with Crippen LogP contribution in [0.1, 0.15) is 26.6 Å². The zero-order valence-electron chi connectivity index (χ0n) is 13.6. The van der Waals surface area contributed by atoms with Gasteiger partial charge >= 0.3 is 0 Å². The number of aromatic hydroxyl groups is 1. The Balaban J connectivity index is 0.00000208. The van der Waals surface area contributed by atoms with Crippen molar-refractivity contribution in [1.82, 2.24) is 4.57 Å². The lowest BCUT2D eigenvalue weighted by Gasteiger charge is -2.08. The van der Waals surface area contributed by atoms with E-state index in [0.29, 0.717) is 0 Å². The lowest BCUT2D eigenvalue weighted by Crippen LogP contribution is -3.00. The number of nitrogens with zero attached hydrogens (tertiary/aromatic N) is 2. The van der Waals surface area contributed by atoms with Gasteiger partial charge in [-0.15, -0.1) is 11.3 Å². The summed E-state index contributed by atoms with van der Waals surface area (Å²) < 4.78 is 3.87. The second kappa shape index (κ2) is 7.64. The van der Waals surface area contributed by atoms with E-state index in [-0.39, 0.29) is 30.5 Å². The minimum absolute atomic E-state index is 0. The zero-order chi connectivity index (χ0) is 16.4. The highest BCUT2D eigenvalue weighted by molar-refractivity contribution is 7.09. The third-order valence-electron chi connectivity index (χ3n) is 3.94. The molecule has 4 nitrogen and oxygen atoms in total. The summed E-state index contributed by atoms with van der Waals surface area (Å²) in [5.74, 6) is 0.203. The standard InChI is InChI=1S/C18H18N2O2S.ClH/c1-13-9-17(14(2)20(13)11-16-6-4-8-23-16)18(22)12-19-7-3-5-15(21)10-19;/h3-10H,11-12H2,1-2H3;1H. The monoisotopic (exact) mass is 362 g/mol. The van der Waals surface area contributed by atoms with Gasteiger partial charge in [0.1, 0.15) is 0 Å². The lowest BCUT2D eigenvalue weighted by molar-refractivity contribution is -0.683. The summed E-state index contributed by atoms with van der Waals surface area (Å²) in [5.41, 5.74) is 2.82. The molecule has 0 amide bonds. The van der Waals surface area contributed by atoms with Gasteiger partial charge in [0.05, 0.1) is 6.54 Å². The first-order chi connectivity index (χ1) is 11.0. The first kappa shape index (κ1) is 18.2. The highest BCUT2D eigenvalue weighted by Gasteiger charge is 2.19. The number of Topliss-reactive ketones (excluding diaryl/α,β-unsaturated/α-hetero) is 1. The molecule has 3 rings (SSSR count). The molecule has 3 aromatic heterocycles. The average molecular weight is 363 g/mol. The Kier molecular flexibility index (Phi) is 5.80. The number of aryl methyl sites for hydroxylation is 1. The maximum Gasteiger partial charge on any atom is 0.229 e. The molecule has 1 N–H and O–H groups in total. The molecule has 0 saturated carbocycles. The van der Waals surface area contributed by atoms with Crippen molar-refractivity contribution < 1.29 is 26.9 Å². The van der Waals surface area contributed by atoms with Crippen molar-refractivity contribution in [2.45, 2.75) is 26.9 Å². The molecular formula is C18H19ClN2O2S. The molecule has 0 aliphatic carbocycles. The summed E-state index contributed by atoms with van der Waals surface area (Å²) in [6.45, 7) is 5.03. The molecule has 0 radical (unpaired) electrons. The summed E-state index contributed by atoms with van der Waals surface area (Å²) in [5, 5.41) is 11.6. The van der Waals surface area contributed by atoms with Crippen LogP contribution in [-0.4, -0.2) is 15.5 Å². The predicted octanol–water partition coefficient (Wildman–Crippen LogP) is 0.0947. The van der Waals surface area contributed by atoms with Gasteiger partial charge in [0, 0.05) is 27.9 Å². The number of carbonyl (C=O) groups excluding carboxylic acids is 1. The van der Waals surface area contributed by atoms with E-state index in [9.17, 15) is 9.90 Å². The molecule has 3 heterocycles. The second-order valence-corrected chi connectivity index (χ2v) is 6.64. The fraction of sp³-hybridized carbons (Fsp3) is 0.222. The number of rotatable bonds is 5. The molecule has 3 aromatic rings. The predicted molar refractivity (Wildman–Crippen MR) is 90.0 cm³/mol. The van der Waals surface area contributed by atoms with Crippen LogP contribution in [0.4, 0.5) is 0 Å². The van der Waals surface area contributed by atoms with Crippen molar-refractivity contribution in [1.29, 1.82) is 0 Å². The van der Waals surface area contributed by atoms with Crippen LogP contribution in [0, 0.1) is 13.8 Å². The lowest BCUT2D eigenvalue weighted by atomic mass is 10.1. The maximum atomic E-state index is 12.6. The molecule has 0 spiro atoms. The number of ketones is 1. The second-order valence-electron chi connectivity index (χ2n) is 5.61. The quantitative estimate of drug-likeness (QED) is 0.516. The van der Waals surface area contributed by atoms with Gasteiger partial charge in [-0.05, 0) is 37.4 Å². The topological polar surface area (TPSA) is 46.1 Å². The highest BCUT2D eigenvalue weighted by Crippen LogP contribution is 2.19. The summed E-state index contributed by atoms with van der Waals surface area (Å²) in [7, 11) is 0. The molecule has 0 atom stereocenters. The van der Waals surface area contributed by atoms with Gasteiger partial charge in [0.2, 0.25) is 18.5 Å². The average Bonchev–Trinajstić information content (AvgIpc) is 3.11. The summed E-state index contributed by atoms with van der Waals surface area (Å²) in [6.07, 6.45) is 3.34. The molecular weight excluding hydrogens is 344 g/mol. The number of hydrogen-bond acceptors (Lipinski definition) is 3. The third-order valence-corrected chi connectivity index (χ3v) is 4.80. The van der Waals surface area contributed by atoms with Crippen molar-refractivity contribution >= 4 is 17.1 Å². The van der Waals surface area contributed by atoms with Gasteiger partial charge in [-0.2, -0.15) is 4.57 Å². The molecule has 0 saturated heterocycles. The fourth-order valence-electron chi connectivity index (χ4n) is 2.74. The third kappa shape index (κ3) is 3.86. The largest absolute Gasteiger partial charge is 1.00 e. The summed E-state index contributed by atoms with van der Waals surface area (Å²) in [6, 6.07) is 9.41. The molecule has 0 bridgehead atoms. The van der Waals surface area contributed by atoms with Crippen molar-refractivity contribution in [3.05, 3.63) is 69.9 Å². The Morgan fingerprint density at radius 2 is 2.08 bits per heavy atom. The first-order valence-electron chi connectivity index (χ1n) is 7.45. The molecule has 6 heteroatoms. The number of halogens is 1. The molecule has 126 valence electrons. The molecule has 0 aliphatic rings. The van der Waals surface area contributed by atoms with Crippen LogP contribution < -0.4 is 17.0 Å². The minimum atomic E-state index is 0. The Morgan fingerprint density at radius 1 is 1.29 bits per heavy atom. The van der Waals surface area contributed by atoms with Crippen molar-refractivity contribution in [3.8, 4) is 5.75 Å². The molecule has 0 aliphatic heterocycles. The molecule has 24 heavy (non-hydrogen) atoms. The van der Waals surface area contributed by atoms with Crippen molar-refractivity contribution in [2.24, 2.45) is 0 Å². The van der Waals surface area contributed by atoms with Crippen LogP contribution in [-0.2, 0) is 13.1 Å². The van der Waals surface area contributed by atoms with Gasteiger partial charge < -0.3 is 22.1 Å². The van der Waals surface area contributed by atoms with E-state index in [0.717, 1.165) is 23.5 Å². The smallest absolute Gasteiger partial charge is 0.229 e. The Labute approximate surface area is 151 Å². The van der Waals surface area contributed by atoms with E-state index in [1.165, 1.54) is 4.88 Å². The van der Waals surface area contributed by atoms with Crippen molar-refractivity contribution in [2.75, 3.05) is 0 Å². The summed E-state index contributed by atoms with van der Waals surface area (Å²) in [4.78, 5) is 13.9. The Bertz CT molecular complexity index is 841. The van der Waals surface area contributed by atoms with Crippen LogP contribution in [0.15, 0.2) is 48.1 Å². The molecule has 0 fully saturated rings. The Morgan fingerprint density at radius 3 is 2.75 bits per heavy atom. The summed E-state index contributed by atoms with van der Waals surface area (Å²) >= 11 is 1.72. The Hall–Kier alpha value is -2.11. The maximum absolute atomic E-state index is 12.6. The van der Waals surface area contributed by atoms with Gasteiger partial charge in [-0.25, -0.2) is 0 Å². The van der Waals surface area contributed by atoms with Crippen LogP contribution in [0.2, 0.25) is 0 Å². The van der Waals surface area contributed by atoms with E-state index in [2.05, 4.69) is 16.0 Å². The number of pyridine rings is 1. The number of thiophene rings is 1. The number of carbonyl (C=O) groups is 1. The van der Waals surface area contributed by atoms with E-state index >= 15 is 0 Å². The van der Waals surface area contributed by atoms with Gasteiger partial charge in [-0.1, -0.05) is 6.07 Å². The SMILES string of the molecule is Cc1cc(C(=O)C[n+]2cccc(O)c2)c(C)n1Cc1cccs1.[Cl-].